The summed E-state index contributed by atoms with van der Waals surface area (Å²) in [6, 6.07) is 21.5. The van der Waals surface area contributed by atoms with E-state index in [1.54, 1.807) is 12.1 Å². The van der Waals surface area contributed by atoms with Gasteiger partial charge in [0, 0.05) is 34.0 Å². The molecule has 1 heterocycles. The second-order valence-corrected chi connectivity index (χ2v) is 9.81. The largest absolute Gasteiger partial charge is 0.365 e. The van der Waals surface area contributed by atoms with Crippen molar-refractivity contribution in [3.05, 3.63) is 116 Å². The number of alkyl halides is 1. The lowest BCUT2D eigenvalue weighted by Crippen LogP contribution is -2.35. The third-order valence-electron chi connectivity index (χ3n) is 5.52. The van der Waals surface area contributed by atoms with Crippen LogP contribution in [0.3, 0.4) is 0 Å². The summed E-state index contributed by atoms with van der Waals surface area (Å²) >= 11 is 25.5. The van der Waals surface area contributed by atoms with Gasteiger partial charge in [0.1, 0.15) is 11.6 Å². The maximum Gasteiger partial charge on any atom is 0.135 e. The Morgan fingerprint density at radius 2 is 1.56 bits per heavy atom. The summed E-state index contributed by atoms with van der Waals surface area (Å²) in [6.07, 6.45) is 3.66. The van der Waals surface area contributed by atoms with Gasteiger partial charge in [-0.15, -0.1) is 17.0 Å². The normalized spacial score (nSPS) is 14.7. The first-order chi connectivity index (χ1) is 15.9. The number of hydrogen-bond acceptors (Lipinski definition) is 3. The van der Waals surface area contributed by atoms with Crippen molar-refractivity contribution in [2.75, 3.05) is 6.67 Å². The maximum absolute atomic E-state index is 6.98. The van der Waals surface area contributed by atoms with Gasteiger partial charge < -0.3 is 14.5 Å². The van der Waals surface area contributed by atoms with Gasteiger partial charge in [-0.3, -0.25) is 0 Å². The van der Waals surface area contributed by atoms with Gasteiger partial charge in [0.2, 0.25) is 0 Å². The van der Waals surface area contributed by atoms with E-state index in [-0.39, 0.29) is 17.0 Å². The van der Waals surface area contributed by atoms with E-state index in [0.29, 0.717) is 28.3 Å². The van der Waals surface area contributed by atoms with Gasteiger partial charge >= 0.3 is 0 Å². The van der Waals surface area contributed by atoms with E-state index in [2.05, 4.69) is 47.2 Å². The van der Waals surface area contributed by atoms with Gasteiger partial charge in [0.15, 0.2) is 0 Å². The van der Waals surface area contributed by atoms with Crippen LogP contribution < -0.4 is 0 Å². The highest BCUT2D eigenvalue weighted by molar-refractivity contribution is 8.93. The number of ether oxygens (including phenoxy) is 1. The number of aryl methyl sites for hydroxylation is 1. The molecular weight excluding hydrogens is 578 g/mol. The van der Waals surface area contributed by atoms with Crippen molar-refractivity contribution in [2.24, 2.45) is 0 Å². The van der Waals surface area contributed by atoms with E-state index < -0.39 is 11.6 Å². The Labute approximate surface area is 231 Å². The third kappa shape index (κ3) is 7.07. The molecule has 0 radical (unpaired) electrons. The minimum atomic E-state index is -0.434. The summed E-state index contributed by atoms with van der Waals surface area (Å²) in [5.41, 5.74) is 3.86. The average Bonchev–Trinajstić information content (AvgIpc) is 3.26. The molecule has 4 rings (SSSR count). The van der Waals surface area contributed by atoms with Crippen molar-refractivity contribution in [3.8, 4) is 0 Å². The number of rotatable bonds is 8. The maximum atomic E-state index is 6.98. The van der Waals surface area contributed by atoms with Crippen molar-refractivity contribution >= 4 is 63.4 Å². The number of nitrogens with zero attached hydrogens (tertiary/aromatic N) is 2. The van der Waals surface area contributed by atoms with Crippen LogP contribution in [0.2, 0.25) is 15.1 Å². The molecule has 0 N–H and O–H groups in total. The van der Waals surface area contributed by atoms with E-state index in [4.69, 9.17) is 51.1 Å². The van der Waals surface area contributed by atoms with Gasteiger partial charge in [0.05, 0.1) is 13.3 Å². The molecule has 180 valence electrons. The van der Waals surface area contributed by atoms with Gasteiger partial charge in [-0.2, -0.15) is 0 Å². The van der Waals surface area contributed by atoms with Gasteiger partial charge in [-0.1, -0.05) is 94.4 Å². The Hall–Kier alpha value is -1.40. The molecule has 3 aromatic rings. The van der Waals surface area contributed by atoms with Crippen molar-refractivity contribution in [3.63, 3.8) is 0 Å². The highest BCUT2D eigenvalue weighted by Crippen LogP contribution is 2.33. The van der Waals surface area contributed by atoms with Crippen LogP contribution in [0.5, 0.6) is 0 Å². The number of benzene rings is 3. The molecule has 0 bridgehead atoms. The smallest absolute Gasteiger partial charge is 0.135 e. The molecule has 0 saturated heterocycles. The summed E-state index contributed by atoms with van der Waals surface area (Å²) in [6.45, 7) is 3.87. The molecule has 0 saturated carbocycles. The van der Waals surface area contributed by atoms with Crippen LogP contribution in [0, 0.1) is 6.92 Å². The predicted molar refractivity (Wildman–Crippen MR) is 148 cm³/mol. The average molecular weight is 603 g/mol. The zero-order valence-electron chi connectivity index (χ0n) is 18.5. The molecule has 1 aliphatic heterocycles. The monoisotopic (exact) mass is 600 g/mol. The summed E-state index contributed by atoms with van der Waals surface area (Å²) in [5.74, 6) is 0. The standard InChI is InChI=1S/C26H24Cl4N2O.BrH/c1-18-2-4-19(5-3-18)15-31-12-13-32(17-31)26(30)25(20-6-9-22(27)10-7-20)33-16-21-8-11-23(28)14-24(21)29;/h2-14,25-26H,15-17H2,1H3;1H. The molecule has 2 atom stereocenters. The van der Waals surface area contributed by atoms with Crippen molar-refractivity contribution < 1.29 is 4.74 Å². The Bertz CT molecular complexity index is 1110. The molecule has 0 spiro atoms. The first kappa shape index (κ1) is 27.2. The van der Waals surface area contributed by atoms with E-state index >= 15 is 0 Å². The Morgan fingerprint density at radius 1 is 0.882 bits per heavy atom. The SMILES string of the molecule is Br.Cc1ccc(CN2C=CN(C(Cl)C(OCc3ccc(Cl)cc3Cl)c3ccc(Cl)cc3)C2)cc1. The Morgan fingerprint density at radius 3 is 2.24 bits per heavy atom. The quantitative estimate of drug-likeness (QED) is 0.190. The minimum absolute atomic E-state index is 0. The molecule has 3 nitrogen and oxygen atoms in total. The zero-order chi connectivity index (χ0) is 23.4. The van der Waals surface area contributed by atoms with Crippen molar-refractivity contribution in [1.29, 1.82) is 0 Å². The lowest BCUT2D eigenvalue weighted by molar-refractivity contribution is 0.00658. The summed E-state index contributed by atoms with van der Waals surface area (Å²) in [5, 5.41) is 1.81. The summed E-state index contributed by atoms with van der Waals surface area (Å²) in [4.78, 5) is 4.29. The lowest BCUT2D eigenvalue weighted by atomic mass is 10.1. The first-order valence-electron chi connectivity index (χ1n) is 10.6. The molecule has 0 amide bonds. The predicted octanol–water partition coefficient (Wildman–Crippen LogP) is 8.60. The Kier molecular flexibility index (Phi) is 10.0. The van der Waals surface area contributed by atoms with E-state index in [9.17, 15) is 0 Å². The van der Waals surface area contributed by atoms with Crippen LogP contribution in [-0.4, -0.2) is 22.0 Å². The van der Waals surface area contributed by atoms with Crippen LogP contribution in [0.4, 0.5) is 0 Å². The second kappa shape index (κ2) is 12.5. The fraction of sp³-hybridized carbons (Fsp3) is 0.231. The molecule has 0 fully saturated rings. The fourth-order valence-electron chi connectivity index (χ4n) is 3.65. The molecule has 0 aromatic heterocycles. The summed E-state index contributed by atoms with van der Waals surface area (Å²) in [7, 11) is 0. The van der Waals surface area contributed by atoms with Crippen molar-refractivity contribution in [1.82, 2.24) is 9.80 Å². The van der Waals surface area contributed by atoms with Gasteiger partial charge in [0.25, 0.3) is 0 Å². The second-order valence-electron chi connectivity index (χ2n) is 8.08. The van der Waals surface area contributed by atoms with E-state index in [0.717, 1.165) is 17.7 Å². The van der Waals surface area contributed by atoms with E-state index in [1.165, 1.54) is 11.1 Å². The molecule has 2 unspecified atom stereocenters. The molecular formula is C26H25BrCl4N2O. The summed E-state index contributed by atoms with van der Waals surface area (Å²) < 4.78 is 6.32. The Balaban J connectivity index is 0.00000324. The van der Waals surface area contributed by atoms with Gasteiger partial charge in [-0.25, -0.2) is 0 Å². The van der Waals surface area contributed by atoms with Crippen LogP contribution in [-0.2, 0) is 17.9 Å². The van der Waals surface area contributed by atoms with Crippen LogP contribution >= 0.6 is 63.4 Å². The van der Waals surface area contributed by atoms with Crippen molar-refractivity contribution in [2.45, 2.75) is 31.7 Å². The lowest BCUT2D eigenvalue weighted by Gasteiger charge is -2.31. The van der Waals surface area contributed by atoms with Gasteiger partial charge in [-0.05, 0) is 47.9 Å². The topological polar surface area (TPSA) is 15.7 Å². The fourth-order valence-corrected chi connectivity index (χ4v) is 4.59. The number of halogens is 5. The van der Waals surface area contributed by atoms with Crippen LogP contribution in [0.25, 0.3) is 0 Å². The third-order valence-corrected chi connectivity index (χ3v) is 6.84. The molecule has 1 aliphatic rings. The molecule has 3 aromatic carbocycles. The zero-order valence-corrected chi connectivity index (χ0v) is 23.2. The van der Waals surface area contributed by atoms with Crippen LogP contribution in [0.15, 0.2) is 79.1 Å². The highest BCUT2D eigenvalue weighted by Gasteiger charge is 2.29. The molecule has 0 aliphatic carbocycles. The first-order valence-corrected chi connectivity index (χ1v) is 12.1. The van der Waals surface area contributed by atoms with Crippen LogP contribution in [0.1, 0.15) is 28.4 Å². The molecule has 8 heteroatoms. The number of hydrogen-bond donors (Lipinski definition) is 0. The van der Waals surface area contributed by atoms with E-state index in [1.807, 2.05) is 36.5 Å². The molecule has 34 heavy (non-hydrogen) atoms. The minimum Gasteiger partial charge on any atom is -0.365 e. The highest BCUT2D eigenvalue weighted by atomic mass is 79.9.